The highest BCUT2D eigenvalue weighted by Gasteiger charge is 2.26. The van der Waals surface area contributed by atoms with Crippen LogP contribution in [0.3, 0.4) is 0 Å². The number of carbonyl (C=O) groups excluding carboxylic acids is 2. The van der Waals surface area contributed by atoms with Crippen LogP contribution in [0, 0.1) is 0 Å². The van der Waals surface area contributed by atoms with Gasteiger partial charge in [0.1, 0.15) is 0 Å². The average molecular weight is 457 g/mol. The molecule has 6 nitrogen and oxygen atoms in total. The number of rotatable bonds is 18. The summed E-state index contributed by atoms with van der Waals surface area (Å²) in [6.45, 7) is 4.29. The van der Waals surface area contributed by atoms with E-state index in [0.717, 1.165) is 51.4 Å². The van der Waals surface area contributed by atoms with Crippen LogP contribution in [0.1, 0.15) is 78.1 Å². The summed E-state index contributed by atoms with van der Waals surface area (Å²) in [6.07, 6.45) is 9.43. The largest absolute Gasteiger partial charge is 0.474 e. The molecule has 0 bridgehead atoms. The average Bonchev–Trinajstić information content (AvgIpc) is 2.70. The van der Waals surface area contributed by atoms with Crippen LogP contribution in [0.25, 0.3) is 0 Å². The Hall–Kier alpha value is 0.150. The van der Waals surface area contributed by atoms with Gasteiger partial charge >= 0.3 is 7.82 Å². The van der Waals surface area contributed by atoms with Crippen molar-refractivity contribution in [1.29, 1.82) is 0 Å². The van der Waals surface area contributed by atoms with Gasteiger partial charge < -0.3 is 0 Å². The van der Waals surface area contributed by atoms with Crippen LogP contribution in [0.2, 0.25) is 0 Å². The fourth-order valence-corrected chi connectivity index (χ4v) is 5.19. The first-order valence-corrected chi connectivity index (χ1v) is 13.4. The number of hydrogen-bond acceptors (Lipinski definition) is 8. The molecule has 0 amide bonds. The standard InChI is InChI=1S/C19H37O6PS2/c1-5-7-9-11-13-18(20)27-16-17(15-25-26(22,23-3)24-4)28-19(21)14-12-10-8-6-2/h17H,5-16H2,1-4H3/t17-/m1/s1. The van der Waals surface area contributed by atoms with Crippen molar-refractivity contribution in [1.82, 2.24) is 0 Å². The van der Waals surface area contributed by atoms with Gasteiger partial charge in [-0.05, 0) is 12.8 Å². The second-order valence-corrected chi connectivity index (χ2v) is 10.8. The Morgan fingerprint density at radius 2 is 1.39 bits per heavy atom. The van der Waals surface area contributed by atoms with E-state index in [1.165, 1.54) is 37.7 Å². The maximum Gasteiger partial charge on any atom is 0.474 e. The van der Waals surface area contributed by atoms with Gasteiger partial charge in [-0.25, -0.2) is 4.57 Å². The number of phosphoric ester groups is 1. The molecular weight excluding hydrogens is 419 g/mol. The Bertz CT molecular complexity index is 467. The summed E-state index contributed by atoms with van der Waals surface area (Å²) >= 11 is 2.39. The third-order valence-corrected chi connectivity index (χ3v) is 7.83. The van der Waals surface area contributed by atoms with Crippen LogP contribution >= 0.6 is 31.3 Å². The van der Waals surface area contributed by atoms with Crippen LogP contribution in [0.4, 0.5) is 0 Å². The van der Waals surface area contributed by atoms with Gasteiger partial charge in [-0.3, -0.25) is 23.2 Å². The summed E-state index contributed by atoms with van der Waals surface area (Å²) in [5.41, 5.74) is 0. The number of thioether (sulfide) groups is 2. The van der Waals surface area contributed by atoms with Crippen molar-refractivity contribution >= 4 is 41.6 Å². The van der Waals surface area contributed by atoms with Crippen LogP contribution in [-0.4, -0.2) is 42.1 Å². The maximum absolute atomic E-state index is 12.3. The molecule has 0 aliphatic rings. The molecule has 0 aromatic carbocycles. The van der Waals surface area contributed by atoms with Gasteiger partial charge in [-0.1, -0.05) is 75.9 Å². The van der Waals surface area contributed by atoms with Gasteiger partial charge in [0.25, 0.3) is 0 Å². The normalized spacial score (nSPS) is 12.9. The van der Waals surface area contributed by atoms with E-state index in [1.807, 2.05) is 0 Å². The minimum Gasteiger partial charge on any atom is -0.290 e. The molecule has 0 rings (SSSR count). The second-order valence-electron chi connectivity index (χ2n) is 6.52. The fourth-order valence-electron chi connectivity index (χ4n) is 2.37. The van der Waals surface area contributed by atoms with E-state index in [9.17, 15) is 14.2 Å². The number of carbonyl (C=O) groups is 2. The lowest BCUT2D eigenvalue weighted by Crippen LogP contribution is -2.18. The van der Waals surface area contributed by atoms with E-state index in [1.54, 1.807) is 0 Å². The summed E-state index contributed by atoms with van der Waals surface area (Å²) in [5, 5.41) is -0.0778. The molecule has 0 N–H and O–H groups in total. The lowest BCUT2D eigenvalue weighted by atomic mass is 10.2. The van der Waals surface area contributed by atoms with E-state index in [4.69, 9.17) is 13.6 Å². The van der Waals surface area contributed by atoms with Crippen molar-refractivity contribution in [2.75, 3.05) is 26.6 Å². The minimum absolute atomic E-state index is 0.0282. The molecule has 0 radical (unpaired) electrons. The first-order chi connectivity index (χ1) is 13.4. The Morgan fingerprint density at radius 1 is 0.857 bits per heavy atom. The molecule has 9 heteroatoms. The zero-order valence-corrected chi connectivity index (χ0v) is 20.3. The lowest BCUT2D eigenvalue weighted by Gasteiger charge is -2.18. The molecule has 28 heavy (non-hydrogen) atoms. The molecule has 0 heterocycles. The fraction of sp³-hybridized carbons (Fsp3) is 0.895. The van der Waals surface area contributed by atoms with Gasteiger partial charge in [-0.2, -0.15) is 0 Å². The van der Waals surface area contributed by atoms with E-state index in [-0.39, 0.29) is 22.1 Å². The maximum atomic E-state index is 12.3. The van der Waals surface area contributed by atoms with Crippen LogP contribution in [0.5, 0.6) is 0 Å². The Morgan fingerprint density at radius 3 is 1.89 bits per heavy atom. The van der Waals surface area contributed by atoms with E-state index in [0.29, 0.717) is 18.6 Å². The Kier molecular flexibility index (Phi) is 18.1. The minimum atomic E-state index is -3.60. The highest BCUT2D eigenvalue weighted by atomic mass is 32.2. The van der Waals surface area contributed by atoms with Gasteiger partial charge in [0.05, 0.1) is 6.61 Å². The van der Waals surface area contributed by atoms with Crippen molar-refractivity contribution in [3.63, 3.8) is 0 Å². The molecule has 0 saturated carbocycles. The lowest BCUT2D eigenvalue weighted by molar-refractivity contribution is -0.112. The van der Waals surface area contributed by atoms with Crippen molar-refractivity contribution < 1.29 is 27.7 Å². The molecule has 0 aliphatic carbocycles. The van der Waals surface area contributed by atoms with Crippen LogP contribution in [0.15, 0.2) is 0 Å². The molecule has 166 valence electrons. The van der Waals surface area contributed by atoms with Crippen molar-refractivity contribution in [3.8, 4) is 0 Å². The summed E-state index contributed by atoms with van der Waals surface area (Å²) in [6, 6.07) is 0. The van der Waals surface area contributed by atoms with E-state index in [2.05, 4.69) is 13.8 Å². The predicted octanol–water partition coefficient (Wildman–Crippen LogP) is 6.23. The third kappa shape index (κ3) is 15.1. The zero-order valence-electron chi connectivity index (χ0n) is 17.8. The van der Waals surface area contributed by atoms with E-state index >= 15 is 0 Å². The smallest absolute Gasteiger partial charge is 0.290 e. The summed E-state index contributed by atoms with van der Waals surface area (Å²) in [7, 11) is -1.10. The molecule has 0 fully saturated rings. The molecule has 0 unspecified atom stereocenters. The first kappa shape index (κ1) is 28.1. The SMILES string of the molecule is CCCCCCC(=O)SC[C@@H](COP(=O)(OC)OC)SC(=O)CCCCCC. The van der Waals surface area contributed by atoms with Gasteiger partial charge in [0.2, 0.25) is 0 Å². The number of unbranched alkanes of at least 4 members (excludes halogenated alkanes) is 6. The molecule has 0 aromatic heterocycles. The first-order valence-electron chi connectivity index (χ1n) is 10.1. The predicted molar refractivity (Wildman–Crippen MR) is 119 cm³/mol. The monoisotopic (exact) mass is 456 g/mol. The van der Waals surface area contributed by atoms with Crippen LogP contribution in [-0.2, 0) is 27.7 Å². The number of hydrogen-bond donors (Lipinski definition) is 0. The summed E-state index contributed by atoms with van der Waals surface area (Å²) < 4.78 is 26.9. The highest BCUT2D eigenvalue weighted by molar-refractivity contribution is 8.17. The van der Waals surface area contributed by atoms with Crippen molar-refractivity contribution in [2.45, 2.75) is 83.3 Å². The molecule has 1 atom stereocenters. The Balaban J connectivity index is 4.51. The van der Waals surface area contributed by atoms with Gasteiger partial charge in [0.15, 0.2) is 10.2 Å². The zero-order chi connectivity index (χ0) is 21.3. The van der Waals surface area contributed by atoms with Crippen molar-refractivity contribution in [2.24, 2.45) is 0 Å². The Labute approximate surface area is 179 Å². The summed E-state index contributed by atoms with van der Waals surface area (Å²) in [4.78, 5) is 24.3. The molecule has 0 aliphatic heterocycles. The topological polar surface area (TPSA) is 78.9 Å². The van der Waals surface area contributed by atoms with Crippen LogP contribution < -0.4 is 0 Å². The molecule has 0 aromatic rings. The second kappa shape index (κ2) is 18.0. The van der Waals surface area contributed by atoms with Gasteiger partial charge in [-0.15, -0.1) is 0 Å². The van der Waals surface area contributed by atoms with E-state index < -0.39 is 7.82 Å². The van der Waals surface area contributed by atoms with Gasteiger partial charge in [0, 0.05) is 38.1 Å². The quantitative estimate of drug-likeness (QED) is 0.177. The molecule has 0 spiro atoms. The molecule has 0 saturated heterocycles. The number of phosphoric acid groups is 1. The third-order valence-electron chi connectivity index (χ3n) is 4.06. The highest BCUT2D eigenvalue weighted by Crippen LogP contribution is 2.48. The summed E-state index contributed by atoms with van der Waals surface area (Å²) in [5.74, 6) is 0.436. The molecular formula is C19H37O6PS2. The van der Waals surface area contributed by atoms with Crippen molar-refractivity contribution in [3.05, 3.63) is 0 Å².